The lowest BCUT2D eigenvalue weighted by Crippen LogP contribution is -2.47. The fraction of sp³-hybridized carbons (Fsp3) is 0.769. The Morgan fingerprint density at radius 3 is 2.71 bits per heavy atom. The van der Waals surface area contributed by atoms with E-state index in [1.807, 2.05) is 0 Å². The fourth-order valence-electron chi connectivity index (χ4n) is 2.40. The van der Waals surface area contributed by atoms with E-state index in [9.17, 15) is 9.59 Å². The Balaban J connectivity index is 1.70. The second kappa shape index (κ2) is 7.70. The minimum atomic E-state index is 0.0121. The molecule has 1 fully saturated rings. The standard InChI is InChI=1S/C13H22N6O2/c1-2-3-4-12(20)15-11-5-7-18(8-6-11)13(21)9-19-10-14-16-17-19/h10-11H,2-9H2,1H3,(H,15,20). The first-order chi connectivity index (χ1) is 10.2. The van der Waals surface area contributed by atoms with E-state index in [4.69, 9.17) is 0 Å². The molecule has 0 unspecified atom stereocenters. The van der Waals surface area contributed by atoms with E-state index in [0.717, 1.165) is 25.7 Å². The van der Waals surface area contributed by atoms with Gasteiger partial charge in [0.2, 0.25) is 11.8 Å². The van der Waals surface area contributed by atoms with Crippen LogP contribution in [-0.2, 0) is 16.1 Å². The Morgan fingerprint density at radius 1 is 1.33 bits per heavy atom. The molecule has 116 valence electrons. The second-order valence-electron chi connectivity index (χ2n) is 5.33. The Bertz CT molecular complexity index is 453. The van der Waals surface area contributed by atoms with E-state index >= 15 is 0 Å². The van der Waals surface area contributed by atoms with Crippen LogP contribution in [0.25, 0.3) is 0 Å². The van der Waals surface area contributed by atoms with Crippen molar-refractivity contribution in [3.05, 3.63) is 6.33 Å². The largest absolute Gasteiger partial charge is 0.353 e. The van der Waals surface area contributed by atoms with Crippen molar-refractivity contribution in [3.8, 4) is 0 Å². The Kier molecular flexibility index (Phi) is 5.65. The van der Waals surface area contributed by atoms with Crippen molar-refractivity contribution >= 4 is 11.8 Å². The highest BCUT2D eigenvalue weighted by Crippen LogP contribution is 2.11. The van der Waals surface area contributed by atoms with Crippen molar-refractivity contribution in [2.24, 2.45) is 0 Å². The molecule has 0 saturated carbocycles. The molecule has 0 atom stereocenters. The normalized spacial score (nSPS) is 16.0. The molecule has 0 radical (unpaired) electrons. The van der Waals surface area contributed by atoms with Crippen molar-refractivity contribution in [1.29, 1.82) is 0 Å². The lowest BCUT2D eigenvalue weighted by Gasteiger charge is -2.32. The Labute approximate surface area is 123 Å². The number of carbonyl (C=O) groups excluding carboxylic acids is 2. The average Bonchev–Trinajstić information content (AvgIpc) is 2.98. The van der Waals surface area contributed by atoms with Gasteiger partial charge in [0.05, 0.1) is 0 Å². The molecule has 0 bridgehead atoms. The number of unbranched alkanes of at least 4 members (excludes halogenated alkanes) is 1. The summed E-state index contributed by atoms with van der Waals surface area (Å²) in [5, 5.41) is 13.7. The van der Waals surface area contributed by atoms with Gasteiger partial charge in [-0.05, 0) is 29.7 Å². The number of hydrogen-bond donors (Lipinski definition) is 1. The smallest absolute Gasteiger partial charge is 0.244 e. The minimum Gasteiger partial charge on any atom is -0.353 e. The third kappa shape index (κ3) is 4.80. The maximum atomic E-state index is 12.1. The van der Waals surface area contributed by atoms with Crippen LogP contribution in [0.3, 0.4) is 0 Å². The van der Waals surface area contributed by atoms with Crippen molar-refractivity contribution in [2.45, 2.75) is 51.6 Å². The molecule has 0 spiro atoms. The van der Waals surface area contributed by atoms with E-state index < -0.39 is 0 Å². The van der Waals surface area contributed by atoms with Crippen LogP contribution < -0.4 is 5.32 Å². The fourth-order valence-corrected chi connectivity index (χ4v) is 2.40. The third-order valence-corrected chi connectivity index (χ3v) is 3.66. The predicted molar refractivity (Wildman–Crippen MR) is 75.1 cm³/mol. The van der Waals surface area contributed by atoms with E-state index in [2.05, 4.69) is 27.8 Å². The molecule has 2 amide bonds. The molecule has 0 aromatic carbocycles. The Hall–Kier alpha value is -1.99. The van der Waals surface area contributed by atoms with Crippen molar-refractivity contribution in [2.75, 3.05) is 13.1 Å². The Morgan fingerprint density at radius 2 is 2.10 bits per heavy atom. The van der Waals surface area contributed by atoms with Gasteiger partial charge in [-0.25, -0.2) is 4.68 Å². The van der Waals surface area contributed by atoms with E-state index in [1.165, 1.54) is 11.0 Å². The highest BCUT2D eigenvalue weighted by atomic mass is 16.2. The van der Waals surface area contributed by atoms with Gasteiger partial charge in [-0.15, -0.1) is 5.10 Å². The van der Waals surface area contributed by atoms with Crippen LogP contribution in [0.1, 0.15) is 39.0 Å². The van der Waals surface area contributed by atoms with Crippen molar-refractivity contribution < 1.29 is 9.59 Å². The van der Waals surface area contributed by atoms with Crippen LogP contribution in [0.15, 0.2) is 6.33 Å². The molecule has 21 heavy (non-hydrogen) atoms. The summed E-state index contributed by atoms with van der Waals surface area (Å²) < 4.78 is 1.42. The number of rotatable bonds is 6. The maximum absolute atomic E-state index is 12.1. The number of amides is 2. The summed E-state index contributed by atoms with van der Waals surface area (Å²) in [6.07, 6.45) is 5.58. The van der Waals surface area contributed by atoms with Crippen LogP contribution in [0, 0.1) is 0 Å². The lowest BCUT2D eigenvalue weighted by atomic mass is 10.0. The summed E-state index contributed by atoms with van der Waals surface area (Å²) >= 11 is 0. The molecule has 1 aromatic heterocycles. The highest BCUT2D eigenvalue weighted by Gasteiger charge is 2.23. The van der Waals surface area contributed by atoms with Gasteiger partial charge >= 0.3 is 0 Å². The van der Waals surface area contributed by atoms with Crippen molar-refractivity contribution in [1.82, 2.24) is 30.4 Å². The molecule has 2 heterocycles. The van der Waals surface area contributed by atoms with Crippen LogP contribution >= 0.6 is 0 Å². The maximum Gasteiger partial charge on any atom is 0.244 e. The summed E-state index contributed by atoms with van der Waals surface area (Å²) in [6.45, 7) is 3.57. The quantitative estimate of drug-likeness (QED) is 0.795. The zero-order valence-electron chi connectivity index (χ0n) is 12.4. The number of carbonyl (C=O) groups is 2. The average molecular weight is 294 g/mol. The topological polar surface area (TPSA) is 93.0 Å². The monoisotopic (exact) mass is 294 g/mol. The number of likely N-dealkylation sites (tertiary alicyclic amines) is 1. The van der Waals surface area contributed by atoms with E-state index in [-0.39, 0.29) is 24.4 Å². The molecule has 0 aliphatic carbocycles. The SMILES string of the molecule is CCCCC(=O)NC1CCN(C(=O)Cn2cnnn2)CC1. The summed E-state index contributed by atoms with van der Waals surface area (Å²) in [7, 11) is 0. The first-order valence-electron chi connectivity index (χ1n) is 7.47. The van der Waals surface area contributed by atoms with Gasteiger partial charge < -0.3 is 10.2 Å². The summed E-state index contributed by atoms with van der Waals surface area (Å²) in [4.78, 5) is 25.5. The van der Waals surface area contributed by atoms with Gasteiger partial charge in [0.1, 0.15) is 12.9 Å². The van der Waals surface area contributed by atoms with Crippen LogP contribution in [0.5, 0.6) is 0 Å². The minimum absolute atomic E-state index is 0.0121. The summed E-state index contributed by atoms with van der Waals surface area (Å²) in [5.41, 5.74) is 0. The van der Waals surface area contributed by atoms with E-state index in [1.54, 1.807) is 4.90 Å². The zero-order valence-corrected chi connectivity index (χ0v) is 12.4. The first kappa shape index (κ1) is 15.4. The highest BCUT2D eigenvalue weighted by molar-refractivity contribution is 5.77. The van der Waals surface area contributed by atoms with Gasteiger partial charge in [-0.1, -0.05) is 13.3 Å². The molecule has 1 aliphatic heterocycles. The molecule has 1 saturated heterocycles. The predicted octanol–water partition coefficient (Wildman–Crippen LogP) is -0.0295. The molecule has 1 aliphatic rings. The molecule has 1 N–H and O–H groups in total. The number of aromatic nitrogens is 4. The van der Waals surface area contributed by atoms with Crippen LogP contribution in [-0.4, -0.2) is 56.1 Å². The molecule has 8 heteroatoms. The van der Waals surface area contributed by atoms with Gasteiger partial charge in [0.25, 0.3) is 0 Å². The third-order valence-electron chi connectivity index (χ3n) is 3.66. The number of nitrogens with one attached hydrogen (secondary N) is 1. The number of nitrogens with zero attached hydrogens (tertiary/aromatic N) is 5. The first-order valence-corrected chi connectivity index (χ1v) is 7.47. The second-order valence-corrected chi connectivity index (χ2v) is 5.33. The number of piperidine rings is 1. The summed E-state index contributed by atoms with van der Waals surface area (Å²) in [6, 6.07) is 0.187. The molecular weight excluding hydrogens is 272 g/mol. The zero-order chi connectivity index (χ0) is 15.1. The molecule has 1 aromatic rings. The van der Waals surface area contributed by atoms with Gasteiger partial charge in [-0.2, -0.15) is 0 Å². The van der Waals surface area contributed by atoms with Gasteiger partial charge in [-0.3, -0.25) is 9.59 Å². The van der Waals surface area contributed by atoms with E-state index in [0.29, 0.717) is 19.5 Å². The van der Waals surface area contributed by atoms with Gasteiger partial charge in [0.15, 0.2) is 0 Å². The number of tetrazole rings is 1. The molecular formula is C13H22N6O2. The summed E-state index contributed by atoms with van der Waals surface area (Å²) in [5.74, 6) is 0.133. The number of hydrogen-bond acceptors (Lipinski definition) is 5. The van der Waals surface area contributed by atoms with Crippen LogP contribution in [0.4, 0.5) is 0 Å². The van der Waals surface area contributed by atoms with Crippen molar-refractivity contribution in [3.63, 3.8) is 0 Å². The lowest BCUT2D eigenvalue weighted by molar-refractivity contribution is -0.133. The molecule has 2 rings (SSSR count). The molecule has 8 nitrogen and oxygen atoms in total. The van der Waals surface area contributed by atoms with Gasteiger partial charge in [0, 0.05) is 25.6 Å². The van der Waals surface area contributed by atoms with Crippen LogP contribution in [0.2, 0.25) is 0 Å².